The van der Waals surface area contributed by atoms with E-state index < -0.39 is 5.82 Å². The van der Waals surface area contributed by atoms with Gasteiger partial charge in [-0.2, -0.15) is 0 Å². The summed E-state index contributed by atoms with van der Waals surface area (Å²) in [5.74, 6) is 0.468. The molecular weight excluding hydrogens is 260 g/mol. The molecule has 17 heavy (non-hydrogen) atoms. The van der Waals surface area contributed by atoms with Crippen LogP contribution >= 0.6 is 23.2 Å². The van der Waals surface area contributed by atoms with Crippen molar-refractivity contribution in [2.24, 2.45) is 5.92 Å². The van der Waals surface area contributed by atoms with E-state index in [2.05, 4.69) is 5.32 Å². The Morgan fingerprint density at radius 2 is 2.12 bits per heavy atom. The van der Waals surface area contributed by atoms with Gasteiger partial charge in [-0.05, 0) is 37.9 Å². The van der Waals surface area contributed by atoms with Gasteiger partial charge >= 0.3 is 0 Å². The van der Waals surface area contributed by atoms with Gasteiger partial charge in [-0.1, -0.05) is 36.0 Å². The average Bonchev–Trinajstić information content (AvgIpc) is 3.08. The Morgan fingerprint density at radius 1 is 1.41 bits per heavy atom. The molecule has 4 heteroatoms. The predicted molar refractivity (Wildman–Crippen MR) is 70.2 cm³/mol. The lowest BCUT2D eigenvalue weighted by atomic mass is 10.1. The Hall–Kier alpha value is -0.310. The van der Waals surface area contributed by atoms with Crippen molar-refractivity contribution in [1.82, 2.24) is 5.32 Å². The van der Waals surface area contributed by atoms with Gasteiger partial charge in [0, 0.05) is 16.6 Å². The van der Waals surface area contributed by atoms with Crippen LogP contribution in [0.25, 0.3) is 0 Å². The van der Waals surface area contributed by atoms with Crippen LogP contribution in [0.15, 0.2) is 12.1 Å². The summed E-state index contributed by atoms with van der Waals surface area (Å²) < 4.78 is 13.4. The summed E-state index contributed by atoms with van der Waals surface area (Å²) in [6.45, 7) is 2.88. The SMILES string of the molecule is CC(NCCC1CC1)c1c(Cl)ccc(F)c1Cl. The third-order valence-corrected chi connectivity index (χ3v) is 3.93. The summed E-state index contributed by atoms with van der Waals surface area (Å²) in [6, 6.07) is 2.83. The predicted octanol–water partition coefficient (Wildman–Crippen LogP) is 4.58. The molecule has 1 aliphatic rings. The molecule has 1 aromatic rings. The van der Waals surface area contributed by atoms with Gasteiger partial charge < -0.3 is 5.32 Å². The van der Waals surface area contributed by atoms with Gasteiger partial charge in [0.1, 0.15) is 5.82 Å². The summed E-state index contributed by atoms with van der Waals surface area (Å²) in [4.78, 5) is 0. The van der Waals surface area contributed by atoms with Crippen LogP contribution in [0.5, 0.6) is 0 Å². The topological polar surface area (TPSA) is 12.0 Å². The van der Waals surface area contributed by atoms with E-state index in [0.717, 1.165) is 12.5 Å². The van der Waals surface area contributed by atoms with Crippen molar-refractivity contribution in [1.29, 1.82) is 0 Å². The molecule has 1 atom stereocenters. The minimum atomic E-state index is -0.415. The molecule has 0 radical (unpaired) electrons. The van der Waals surface area contributed by atoms with Crippen molar-refractivity contribution in [3.8, 4) is 0 Å². The first kappa shape index (κ1) is 13.1. The minimum absolute atomic E-state index is 0.0237. The molecule has 1 saturated carbocycles. The Morgan fingerprint density at radius 3 is 2.76 bits per heavy atom. The van der Waals surface area contributed by atoms with E-state index in [0.29, 0.717) is 10.6 Å². The number of nitrogens with one attached hydrogen (secondary N) is 1. The average molecular weight is 276 g/mol. The van der Waals surface area contributed by atoms with Crippen molar-refractivity contribution < 1.29 is 4.39 Å². The van der Waals surface area contributed by atoms with Crippen LogP contribution < -0.4 is 5.32 Å². The first-order valence-electron chi connectivity index (χ1n) is 5.96. The van der Waals surface area contributed by atoms with Crippen LogP contribution in [0.2, 0.25) is 10.0 Å². The summed E-state index contributed by atoms with van der Waals surface area (Å²) in [5.41, 5.74) is 0.657. The van der Waals surface area contributed by atoms with Crippen molar-refractivity contribution in [2.45, 2.75) is 32.2 Å². The first-order chi connectivity index (χ1) is 8.09. The second kappa shape index (κ2) is 5.55. The maximum absolute atomic E-state index is 13.4. The highest BCUT2D eigenvalue weighted by Crippen LogP contribution is 2.34. The monoisotopic (exact) mass is 275 g/mol. The lowest BCUT2D eigenvalue weighted by molar-refractivity contribution is 0.535. The number of halogens is 3. The zero-order valence-corrected chi connectivity index (χ0v) is 11.3. The Bertz CT molecular complexity index is 405. The highest BCUT2D eigenvalue weighted by molar-refractivity contribution is 6.36. The maximum atomic E-state index is 13.4. The number of rotatable bonds is 5. The van der Waals surface area contributed by atoms with E-state index in [1.807, 2.05) is 6.92 Å². The Balaban J connectivity index is 2.01. The molecule has 94 valence electrons. The maximum Gasteiger partial charge on any atom is 0.142 e. The van der Waals surface area contributed by atoms with Crippen LogP contribution in [0.4, 0.5) is 4.39 Å². The molecule has 1 unspecified atom stereocenters. The fourth-order valence-corrected chi connectivity index (χ4v) is 2.65. The van der Waals surface area contributed by atoms with Crippen LogP contribution in [-0.4, -0.2) is 6.54 Å². The molecule has 0 aliphatic heterocycles. The largest absolute Gasteiger partial charge is 0.310 e. The van der Waals surface area contributed by atoms with E-state index in [-0.39, 0.29) is 11.1 Å². The molecule has 2 rings (SSSR count). The molecule has 0 amide bonds. The van der Waals surface area contributed by atoms with Gasteiger partial charge in [0.2, 0.25) is 0 Å². The van der Waals surface area contributed by atoms with Gasteiger partial charge in [-0.3, -0.25) is 0 Å². The molecule has 0 heterocycles. The molecule has 0 saturated heterocycles. The second-order valence-corrected chi connectivity index (χ2v) is 5.45. The third-order valence-electron chi connectivity index (χ3n) is 3.21. The molecule has 1 fully saturated rings. The lowest BCUT2D eigenvalue weighted by Gasteiger charge is -2.17. The molecule has 0 bridgehead atoms. The second-order valence-electron chi connectivity index (χ2n) is 4.66. The zero-order valence-electron chi connectivity index (χ0n) is 9.77. The highest BCUT2D eigenvalue weighted by Gasteiger charge is 2.21. The van der Waals surface area contributed by atoms with Gasteiger partial charge in [-0.15, -0.1) is 0 Å². The van der Waals surface area contributed by atoms with Gasteiger partial charge in [-0.25, -0.2) is 4.39 Å². The molecule has 1 aromatic carbocycles. The quantitative estimate of drug-likeness (QED) is 0.776. The van der Waals surface area contributed by atoms with E-state index in [1.165, 1.54) is 25.3 Å². The smallest absolute Gasteiger partial charge is 0.142 e. The van der Waals surface area contributed by atoms with Gasteiger partial charge in [0.05, 0.1) is 5.02 Å². The van der Waals surface area contributed by atoms with Gasteiger partial charge in [0.25, 0.3) is 0 Å². The molecule has 0 aromatic heterocycles. The summed E-state index contributed by atoms with van der Waals surface area (Å²) in [6.07, 6.45) is 3.87. The highest BCUT2D eigenvalue weighted by atomic mass is 35.5. The van der Waals surface area contributed by atoms with Crippen molar-refractivity contribution in [3.63, 3.8) is 0 Å². The molecule has 1 nitrogen and oxygen atoms in total. The Labute approximate surface area is 111 Å². The van der Waals surface area contributed by atoms with Gasteiger partial charge in [0.15, 0.2) is 0 Å². The van der Waals surface area contributed by atoms with E-state index >= 15 is 0 Å². The van der Waals surface area contributed by atoms with Crippen LogP contribution in [0.1, 0.15) is 37.8 Å². The minimum Gasteiger partial charge on any atom is -0.310 e. The molecule has 0 spiro atoms. The summed E-state index contributed by atoms with van der Waals surface area (Å²) in [7, 11) is 0. The first-order valence-corrected chi connectivity index (χ1v) is 6.72. The molecule has 1 N–H and O–H groups in total. The lowest BCUT2D eigenvalue weighted by Crippen LogP contribution is -2.21. The number of benzene rings is 1. The third kappa shape index (κ3) is 3.34. The fraction of sp³-hybridized carbons (Fsp3) is 0.538. The standard InChI is InChI=1S/C13H16Cl2FN/c1-8(17-7-6-9-2-3-9)12-10(14)4-5-11(16)13(12)15/h4-5,8-9,17H,2-3,6-7H2,1H3. The van der Waals surface area contributed by atoms with Crippen molar-refractivity contribution >= 4 is 23.2 Å². The normalized spacial score (nSPS) is 17.2. The Kier molecular flexibility index (Phi) is 4.29. The number of hydrogen-bond acceptors (Lipinski definition) is 1. The van der Waals surface area contributed by atoms with E-state index in [1.54, 1.807) is 6.07 Å². The molecular formula is C13H16Cl2FN. The van der Waals surface area contributed by atoms with Crippen LogP contribution in [-0.2, 0) is 0 Å². The molecule has 1 aliphatic carbocycles. The summed E-state index contributed by atoms with van der Waals surface area (Å²) in [5, 5.41) is 3.99. The van der Waals surface area contributed by atoms with Crippen LogP contribution in [0, 0.1) is 11.7 Å². The fourth-order valence-electron chi connectivity index (χ4n) is 1.95. The van der Waals surface area contributed by atoms with Crippen LogP contribution in [0.3, 0.4) is 0 Å². The van der Waals surface area contributed by atoms with Crippen molar-refractivity contribution in [3.05, 3.63) is 33.6 Å². The summed E-state index contributed by atoms with van der Waals surface area (Å²) >= 11 is 12.0. The number of hydrogen-bond donors (Lipinski definition) is 1. The van der Waals surface area contributed by atoms with Crippen molar-refractivity contribution in [2.75, 3.05) is 6.54 Å². The van der Waals surface area contributed by atoms with E-state index in [4.69, 9.17) is 23.2 Å². The zero-order chi connectivity index (χ0) is 12.4. The van der Waals surface area contributed by atoms with E-state index in [9.17, 15) is 4.39 Å².